The maximum atomic E-state index is 11.6. The third-order valence-corrected chi connectivity index (χ3v) is 4.25. The second-order valence-corrected chi connectivity index (χ2v) is 5.50. The first-order valence-electron chi connectivity index (χ1n) is 6.39. The molecule has 1 rings (SSSR count). The zero-order valence-corrected chi connectivity index (χ0v) is 12.1. The molecule has 0 aliphatic carbocycles. The van der Waals surface area contributed by atoms with E-state index in [-0.39, 0.29) is 5.91 Å². The van der Waals surface area contributed by atoms with Gasteiger partial charge in [0.2, 0.25) is 0 Å². The summed E-state index contributed by atoms with van der Waals surface area (Å²) in [7, 11) is 0. The number of nitrogens with two attached hydrogens (primary N) is 1. The summed E-state index contributed by atoms with van der Waals surface area (Å²) >= 11 is 1.76. The van der Waals surface area contributed by atoms with Gasteiger partial charge in [-0.05, 0) is 31.0 Å². The Labute approximate surface area is 114 Å². The summed E-state index contributed by atoms with van der Waals surface area (Å²) in [6.07, 6.45) is 1.17. The van der Waals surface area contributed by atoms with Crippen molar-refractivity contribution < 1.29 is 4.79 Å². The van der Waals surface area contributed by atoms with E-state index in [9.17, 15) is 4.79 Å². The molecular formula is C14H22N2OS. The smallest absolute Gasteiger partial charge is 0.251 e. The molecule has 1 aromatic carbocycles. The predicted molar refractivity (Wildman–Crippen MR) is 79.0 cm³/mol. The molecule has 0 aliphatic heterocycles. The molecule has 0 saturated carbocycles. The standard InChI is InChI=1S/C14H22N2OS/c1-4-10(3)9-18-13-7-6-11(8-12(13)15)14(17)16-5-2/h6-8,10H,4-5,9,15H2,1-3H3,(H,16,17). The maximum absolute atomic E-state index is 11.6. The maximum Gasteiger partial charge on any atom is 0.251 e. The zero-order valence-electron chi connectivity index (χ0n) is 11.3. The van der Waals surface area contributed by atoms with Crippen LogP contribution in [-0.2, 0) is 0 Å². The highest BCUT2D eigenvalue weighted by Gasteiger charge is 2.08. The lowest BCUT2D eigenvalue weighted by atomic mass is 10.2. The number of hydrogen-bond donors (Lipinski definition) is 2. The molecule has 0 aromatic heterocycles. The van der Waals surface area contributed by atoms with Crippen LogP contribution >= 0.6 is 11.8 Å². The fraction of sp³-hybridized carbons (Fsp3) is 0.500. The van der Waals surface area contributed by atoms with Gasteiger partial charge in [0.05, 0.1) is 0 Å². The van der Waals surface area contributed by atoms with E-state index in [0.29, 0.717) is 23.7 Å². The van der Waals surface area contributed by atoms with Crippen molar-refractivity contribution in [1.29, 1.82) is 0 Å². The molecule has 3 N–H and O–H groups in total. The molecule has 0 radical (unpaired) electrons. The Balaban J connectivity index is 2.70. The van der Waals surface area contributed by atoms with Gasteiger partial charge in [-0.25, -0.2) is 0 Å². The number of anilines is 1. The van der Waals surface area contributed by atoms with Crippen LogP contribution in [0.25, 0.3) is 0 Å². The van der Waals surface area contributed by atoms with E-state index in [2.05, 4.69) is 19.2 Å². The van der Waals surface area contributed by atoms with Gasteiger partial charge >= 0.3 is 0 Å². The molecule has 1 aromatic rings. The molecule has 100 valence electrons. The third-order valence-electron chi connectivity index (χ3n) is 2.83. The number of carbonyl (C=O) groups is 1. The van der Waals surface area contributed by atoms with Gasteiger partial charge in [0.15, 0.2) is 0 Å². The van der Waals surface area contributed by atoms with E-state index >= 15 is 0 Å². The number of hydrogen-bond acceptors (Lipinski definition) is 3. The van der Waals surface area contributed by atoms with Crippen LogP contribution < -0.4 is 11.1 Å². The zero-order chi connectivity index (χ0) is 13.5. The van der Waals surface area contributed by atoms with Crippen molar-refractivity contribution in [3.8, 4) is 0 Å². The lowest BCUT2D eigenvalue weighted by Crippen LogP contribution is -2.22. The van der Waals surface area contributed by atoms with Crippen molar-refractivity contribution in [3.63, 3.8) is 0 Å². The molecule has 4 heteroatoms. The molecule has 0 aliphatic rings. The molecule has 0 spiro atoms. The van der Waals surface area contributed by atoms with Crippen LogP contribution in [0.3, 0.4) is 0 Å². The van der Waals surface area contributed by atoms with E-state index in [1.165, 1.54) is 6.42 Å². The van der Waals surface area contributed by atoms with Gasteiger partial charge in [0.1, 0.15) is 0 Å². The molecule has 0 heterocycles. The van der Waals surface area contributed by atoms with Crippen LogP contribution in [0.2, 0.25) is 0 Å². The Bertz CT molecular complexity index is 407. The number of nitrogens with one attached hydrogen (secondary N) is 1. The summed E-state index contributed by atoms with van der Waals surface area (Å²) in [5.74, 6) is 1.67. The summed E-state index contributed by atoms with van der Waals surface area (Å²) in [5.41, 5.74) is 7.30. The highest BCUT2D eigenvalue weighted by Crippen LogP contribution is 2.28. The molecule has 0 fully saturated rings. The second-order valence-electron chi connectivity index (χ2n) is 4.44. The monoisotopic (exact) mass is 266 g/mol. The summed E-state index contributed by atoms with van der Waals surface area (Å²) < 4.78 is 0. The number of carbonyl (C=O) groups excluding carboxylic acids is 1. The number of benzene rings is 1. The van der Waals surface area contributed by atoms with Crippen molar-refractivity contribution in [2.75, 3.05) is 18.0 Å². The Kier molecular flexibility index (Phi) is 6.05. The van der Waals surface area contributed by atoms with E-state index in [0.717, 1.165) is 10.6 Å². The minimum absolute atomic E-state index is 0.0670. The Morgan fingerprint density at radius 2 is 2.17 bits per heavy atom. The minimum atomic E-state index is -0.0670. The normalized spacial score (nSPS) is 12.2. The van der Waals surface area contributed by atoms with Crippen LogP contribution in [0.1, 0.15) is 37.6 Å². The van der Waals surface area contributed by atoms with Gasteiger partial charge in [0.25, 0.3) is 5.91 Å². The van der Waals surface area contributed by atoms with Crippen molar-refractivity contribution in [1.82, 2.24) is 5.32 Å². The Morgan fingerprint density at radius 3 is 2.72 bits per heavy atom. The minimum Gasteiger partial charge on any atom is -0.398 e. The van der Waals surface area contributed by atoms with Crippen LogP contribution in [0.15, 0.2) is 23.1 Å². The van der Waals surface area contributed by atoms with Crippen LogP contribution in [0.5, 0.6) is 0 Å². The fourth-order valence-corrected chi connectivity index (χ4v) is 2.52. The van der Waals surface area contributed by atoms with Gasteiger partial charge in [-0.15, -0.1) is 11.8 Å². The van der Waals surface area contributed by atoms with Gasteiger partial charge in [-0.3, -0.25) is 4.79 Å². The van der Waals surface area contributed by atoms with Crippen molar-refractivity contribution >= 4 is 23.4 Å². The molecule has 1 amide bonds. The molecule has 3 nitrogen and oxygen atoms in total. The molecule has 0 bridgehead atoms. The first-order valence-corrected chi connectivity index (χ1v) is 7.37. The molecule has 18 heavy (non-hydrogen) atoms. The first kappa shape index (κ1) is 14.9. The predicted octanol–water partition coefficient (Wildman–Crippen LogP) is 3.16. The quantitative estimate of drug-likeness (QED) is 0.614. The summed E-state index contributed by atoms with van der Waals surface area (Å²) in [4.78, 5) is 12.7. The molecular weight excluding hydrogens is 244 g/mol. The number of amides is 1. The largest absolute Gasteiger partial charge is 0.398 e. The highest BCUT2D eigenvalue weighted by molar-refractivity contribution is 7.99. The highest BCUT2D eigenvalue weighted by atomic mass is 32.2. The van der Waals surface area contributed by atoms with Crippen LogP contribution in [-0.4, -0.2) is 18.2 Å². The SMILES string of the molecule is CCNC(=O)c1ccc(SCC(C)CC)c(N)c1. The van der Waals surface area contributed by atoms with E-state index in [4.69, 9.17) is 5.73 Å². The van der Waals surface area contributed by atoms with Crippen molar-refractivity contribution in [3.05, 3.63) is 23.8 Å². The van der Waals surface area contributed by atoms with Gasteiger partial charge in [-0.2, -0.15) is 0 Å². The average molecular weight is 266 g/mol. The lowest BCUT2D eigenvalue weighted by Gasteiger charge is -2.11. The number of nitrogen functional groups attached to an aromatic ring is 1. The van der Waals surface area contributed by atoms with Crippen molar-refractivity contribution in [2.45, 2.75) is 32.1 Å². The van der Waals surface area contributed by atoms with Crippen molar-refractivity contribution in [2.24, 2.45) is 5.92 Å². The second kappa shape index (κ2) is 7.31. The van der Waals surface area contributed by atoms with Crippen LogP contribution in [0.4, 0.5) is 5.69 Å². The summed E-state index contributed by atoms with van der Waals surface area (Å²) in [6, 6.07) is 5.52. The van der Waals surface area contributed by atoms with E-state index in [1.807, 2.05) is 19.1 Å². The van der Waals surface area contributed by atoms with Gasteiger partial charge in [0, 0.05) is 28.4 Å². The number of rotatable bonds is 6. The third kappa shape index (κ3) is 4.26. The van der Waals surface area contributed by atoms with Gasteiger partial charge < -0.3 is 11.1 Å². The molecule has 0 saturated heterocycles. The molecule has 1 unspecified atom stereocenters. The van der Waals surface area contributed by atoms with E-state index < -0.39 is 0 Å². The summed E-state index contributed by atoms with van der Waals surface area (Å²) in [6.45, 7) is 6.94. The first-order chi connectivity index (χ1) is 8.58. The van der Waals surface area contributed by atoms with Gasteiger partial charge in [-0.1, -0.05) is 20.3 Å². The average Bonchev–Trinajstić information content (AvgIpc) is 2.37. The lowest BCUT2D eigenvalue weighted by molar-refractivity contribution is 0.0956. The summed E-state index contributed by atoms with van der Waals surface area (Å²) in [5, 5.41) is 2.77. The fourth-order valence-electron chi connectivity index (χ4n) is 1.43. The Morgan fingerprint density at radius 1 is 1.44 bits per heavy atom. The van der Waals surface area contributed by atoms with E-state index in [1.54, 1.807) is 17.8 Å². The molecule has 1 atom stereocenters. The Hall–Kier alpha value is -1.16. The topological polar surface area (TPSA) is 55.1 Å². The van der Waals surface area contributed by atoms with Crippen LogP contribution in [0, 0.1) is 5.92 Å². The number of thioether (sulfide) groups is 1.